The van der Waals surface area contributed by atoms with Crippen molar-refractivity contribution in [2.24, 2.45) is 0 Å². The Kier molecular flexibility index (Phi) is 6.32. The van der Waals surface area contributed by atoms with E-state index in [-0.39, 0.29) is 12.0 Å². The Morgan fingerprint density at radius 3 is 2.78 bits per heavy atom. The first-order valence-electron chi connectivity index (χ1n) is 5.65. The van der Waals surface area contributed by atoms with E-state index in [0.717, 1.165) is 10.0 Å². The summed E-state index contributed by atoms with van der Waals surface area (Å²) in [5, 5.41) is 2.83. The standard InChI is InChI=1S/C13H18BrNO3/c1-9-5-4-6-11(12(9)14)13(16)15-7-10(18-3)8-17-2/h4-6,10H,7-8H2,1-3H3,(H,15,16). The van der Waals surface area contributed by atoms with Gasteiger partial charge in [0.05, 0.1) is 18.3 Å². The van der Waals surface area contributed by atoms with E-state index in [9.17, 15) is 4.79 Å². The van der Waals surface area contributed by atoms with Gasteiger partial charge in [0.15, 0.2) is 0 Å². The molecule has 0 saturated heterocycles. The molecule has 18 heavy (non-hydrogen) atoms. The van der Waals surface area contributed by atoms with Gasteiger partial charge < -0.3 is 14.8 Å². The zero-order chi connectivity index (χ0) is 13.5. The van der Waals surface area contributed by atoms with E-state index < -0.39 is 0 Å². The first-order chi connectivity index (χ1) is 8.60. The van der Waals surface area contributed by atoms with Gasteiger partial charge in [0.2, 0.25) is 0 Å². The number of methoxy groups -OCH3 is 2. The summed E-state index contributed by atoms with van der Waals surface area (Å²) in [6.07, 6.45) is -0.137. The molecule has 1 aromatic carbocycles. The second-order valence-corrected chi connectivity index (χ2v) is 4.75. The highest BCUT2D eigenvalue weighted by Gasteiger charge is 2.13. The molecule has 1 unspecified atom stereocenters. The van der Waals surface area contributed by atoms with Crippen LogP contribution in [-0.2, 0) is 9.47 Å². The Balaban J connectivity index is 2.62. The molecular weight excluding hydrogens is 298 g/mol. The van der Waals surface area contributed by atoms with Crippen molar-refractivity contribution in [3.05, 3.63) is 33.8 Å². The summed E-state index contributed by atoms with van der Waals surface area (Å²) in [7, 11) is 3.20. The van der Waals surface area contributed by atoms with Crippen molar-refractivity contribution in [2.75, 3.05) is 27.4 Å². The van der Waals surface area contributed by atoms with Crippen LogP contribution in [0.4, 0.5) is 0 Å². The number of amides is 1. The summed E-state index contributed by atoms with van der Waals surface area (Å²) in [6, 6.07) is 5.59. The van der Waals surface area contributed by atoms with E-state index >= 15 is 0 Å². The van der Waals surface area contributed by atoms with Crippen LogP contribution in [0, 0.1) is 6.92 Å². The number of aryl methyl sites for hydroxylation is 1. The summed E-state index contributed by atoms with van der Waals surface area (Å²) in [5.41, 5.74) is 1.66. The van der Waals surface area contributed by atoms with Gasteiger partial charge in [-0.25, -0.2) is 0 Å². The second-order valence-electron chi connectivity index (χ2n) is 3.96. The third-order valence-corrected chi connectivity index (χ3v) is 3.67. The first kappa shape index (κ1) is 15.1. The molecule has 0 fully saturated rings. The minimum Gasteiger partial charge on any atom is -0.382 e. The molecule has 0 heterocycles. The number of halogens is 1. The summed E-state index contributed by atoms with van der Waals surface area (Å²) >= 11 is 3.42. The van der Waals surface area contributed by atoms with Crippen molar-refractivity contribution in [3.63, 3.8) is 0 Å². The predicted octanol–water partition coefficient (Wildman–Crippen LogP) is 2.15. The van der Waals surface area contributed by atoms with E-state index in [1.54, 1.807) is 20.3 Å². The first-order valence-corrected chi connectivity index (χ1v) is 6.44. The topological polar surface area (TPSA) is 47.6 Å². The number of ether oxygens (including phenoxy) is 2. The fourth-order valence-electron chi connectivity index (χ4n) is 1.52. The third kappa shape index (κ3) is 4.08. The number of hydrogen-bond donors (Lipinski definition) is 1. The largest absolute Gasteiger partial charge is 0.382 e. The minimum atomic E-state index is -0.137. The summed E-state index contributed by atoms with van der Waals surface area (Å²) in [4.78, 5) is 12.0. The third-order valence-electron chi connectivity index (χ3n) is 2.61. The zero-order valence-electron chi connectivity index (χ0n) is 10.8. The molecule has 100 valence electrons. The van der Waals surface area contributed by atoms with Gasteiger partial charge in [-0.2, -0.15) is 0 Å². The van der Waals surface area contributed by atoms with Gasteiger partial charge in [-0.1, -0.05) is 12.1 Å². The fourth-order valence-corrected chi connectivity index (χ4v) is 1.97. The molecule has 1 amide bonds. The predicted molar refractivity (Wildman–Crippen MR) is 73.9 cm³/mol. The van der Waals surface area contributed by atoms with Gasteiger partial charge in [0.25, 0.3) is 5.91 Å². The van der Waals surface area contributed by atoms with Gasteiger partial charge in [0, 0.05) is 25.2 Å². The molecule has 0 bridgehead atoms. The molecular formula is C13H18BrNO3. The lowest BCUT2D eigenvalue weighted by Gasteiger charge is -2.15. The molecule has 0 aliphatic carbocycles. The van der Waals surface area contributed by atoms with Crippen LogP contribution >= 0.6 is 15.9 Å². The maximum Gasteiger partial charge on any atom is 0.252 e. The number of nitrogens with one attached hydrogen (secondary N) is 1. The van der Waals surface area contributed by atoms with Gasteiger partial charge in [-0.15, -0.1) is 0 Å². The van der Waals surface area contributed by atoms with Gasteiger partial charge >= 0.3 is 0 Å². The van der Waals surface area contributed by atoms with Crippen LogP contribution in [0.15, 0.2) is 22.7 Å². The van der Waals surface area contributed by atoms with E-state index in [1.165, 1.54) is 0 Å². The van der Waals surface area contributed by atoms with Gasteiger partial charge in [-0.3, -0.25) is 4.79 Å². The summed E-state index contributed by atoms with van der Waals surface area (Å²) in [6.45, 7) is 2.82. The molecule has 1 aromatic rings. The van der Waals surface area contributed by atoms with Crippen LogP contribution in [-0.4, -0.2) is 39.4 Å². The molecule has 0 aliphatic heterocycles. The Morgan fingerprint density at radius 2 is 2.17 bits per heavy atom. The van der Waals surface area contributed by atoms with Crippen LogP contribution in [0.2, 0.25) is 0 Å². The fraction of sp³-hybridized carbons (Fsp3) is 0.462. The molecule has 0 aliphatic rings. The van der Waals surface area contributed by atoms with Crippen LogP contribution in [0.1, 0.15) is 15.9 Å². The van der Waals surface area contributed by atoms with Crippen molar-refractivity contribution in [2.45, 2.75) is 13.0 Å². The van der Waals surface area contributed by atoms with E-state index in [4.69, 9.17) is 9.47 Å². The molecule has 0 aromatic heterocycles. The molecule has 1 rings (SSSR count). The normalized spacial score (nSPS) is 12.2. The average molecular weight is 316 g/mol. The van der Waals surface area contributed by atoms with Crippen molar-refractivity contribution in [1.29, 1.82) is 0 Å². The molecule has 0 spiro atoms. The smallest absolute Gasteiger partial charge is 0.252 e. The second kappa shape index (κ2) is 7.51. The lowest BCUT2D eigenvalue weighted by molar-refractivity contribution is 0.0285. The SMILES string of the molecule is COCC(CNC(=O)c1cccc(C)c1Br)OC. The highest BCUT2D eigenvalue weighted by atomic mass is 79.9. The lowest BCUT2D eigenvalue weighted by atomic mass is 10.1. The summed E-state index contributed by atoms with van der Waals surface area (Å²) < 4.78 is 11.0. The number of rotatable bonds is 6. The van der Waals surface area contributed by atoms with Crippen LogP contribution in [0.5, 0.6) is 0 Å². The number of carbonyl (C=O) groups is 1. The van der Waals surface area contributed by atoms with E-state index in [0.29, 0.717) is 18.7 Å². The maximum absolute atomic E-state index is 12.0. The van der Waals surface area contributed by atoms with E-state index in [2.05, 4.69) is 21.2 Å². The van der Waals surface area contributed by atoms with Crippen LogP contribution < -0.4 is 5.32 Å². The Morgan fingerprint density at radius 1 is 1.44 bits per heavy atom. The molecule has 1 atom stereocenters. The van der Waals surface area contributed by atoms with Crippen molar-refractivity contribution in [3.8, 4) is 0 Å². The zero-order valence-corrected chi connectivity index (χ0v) is 12.4. The van der Waals surface area contributed by atoms with Crippen molar-refractivity contribution < 1.29 is 14.3 Å². The molecule has 0 radical (unpaired) electrons. The molecule has 4 nitrogen and oxygen atoms in total. The lowest BCUT2D eigenvalue weighted by Crippen LogP contribution is -2.35. The number of carbonyl (C=O) groups excluding carboxylic acids is 1. The molecule has 5 heteroatoms. The van der Waals surface area contributed by atoms with Crippen molar-refractivity contribution in [1.82, 2.24) is 5.32 Å². The Bertz CT molecular complexity index is 409. The highest BCUT2D eigenvalue weighted by Crippen LogP contribution is 2.20. The monoisotopic (exact) mass is 315 g/mol. The van der Waals surface area contributed by atoms with Crippen molar-refractivity contribution >= 4 is 21.8 Å². The summed E-state index contributed by atoms with van der Waals surface area (Å²) in [5.74, 6) is -0.122. The van der Waals surface area contributed by atoms with E-state index in [1.807, 2.05) is 19.1 Å². The van der Waals surface area contributed by atoms with Crippen LogP contribution in [0.3, 0.4) is 0 Å². The van der Waals surface area contributed by atoms with Gasteiger partial charge in [-0.05, 0) is 34.5 Å². The van der Waals surface area contributed by atoms with Gasteiger partial charge in [0.1, 0.15) is 0 Å². The Labute approximate surface area is 116 Å². The number of hydrogen-bond acceptors (Lipinski definition) is 3. The average Bonchev–Trinajstić information content (AvgIpc) is 2.37. The minimum absolute atomic E-state index is 0.122. The Hall–Kier alpha value is -0.910. The quantitative estimate of drug-likeness (QED) is 0.875. The highest BCUT2D eigenvalue weighted by molar-refractivity contribution is 9.10. The number of benzene rings is 1. The molecule has 0 saturated carbocycles. The maximum atomic E-state index is 12.0. The molecule has 1 N–H and O–H groups in total. The van der Waals surface area contributed by atoms with Crippen LogP contribution in [0.25, 0.3) is 0 Å².